The molecule has 21 heavy (non-hydrogen) atoms. The van der Waals surface area contributed by atoms with Crippen LogP contribution in [0, 0.1) is 0 Å². The first-order chi connectivity index (χ1) is 9.77. The van der Waals surface area contributed by atoms with Crippen LogP contribution in [-0.4, -0.2) is 8.42 Å². The van der Waals surface area contributed by atoms with Gasteiger partial charge >= 0.3 is 0 Å². The Labute approximate surface area is 125 Å². The average Bonchev–Trinajstić information content (AvgIpc) is 2.40. The molecule has 112 valence electrons. The molecule has 0 aliphatic heterocycles. The van der Waals surface area contributed by atoms with Crippen LogP contribution >= 0.6 is 0 Å². The second kappa shape index (κ2) is 5.75. The Bertz CT molecular complexity index is 738. The number of hydrogen-bond donors (Lipinski definition) is 3. The fourth-order valence-corrected chi connectivity index (χ4v) is 2.49. The molecule has 0 aliphatic rings. The van der Waals surface area contributed by atoms with E-state index >= 15 is 0 Å². The lowest BCUT2D eigenvalue weighted by Gasteiger charge is -2.12. The van der Waals surface area contributed by atoms with Crippen molar-refractivity contribution < 1.29 is 8.42 Å². The van der Waals surface area contributed by atoms with Gasteiger partial charge in [0.2, 0.25) is 10.0 Å². The molecule has 0 atom stereocenters. The Morgan fingerprint density at radius 2 is 1.67 bits per heavy atom. The fourth-order valence-electron chi connectivity index (χ4n) is 1.94. The van der Waals surface area contributed by atoms with Crippen LogP contribution in [0.25, 0.3) is 0 Å². The van der Waals surface area contributed by atoms with Gasteiger partial charge < -0.3 is 11.1 Å². The Hall–Kier alpha value is -2.05. The molecule has 0 amide bonds. The molecule has 0 radical (unpaired) electrons. The highest BCUT2D eigenvalue weighted by Gasteiger charge is 2.10. The van der Waals surface area contributed by atoms with E-state index in [-0.39, 0.29) is 4.90 Å². The zero-order valence-electron chi connectivity index (χ0n) is 12.0. The maximum absolute atomic E-state index is 11.3. The molecule has 0 heterocycles. The smallest absolute Gasteiger partial charge is 0.238 e. The second-order valence-corrected chi connectivity index (χ2v) is 6.76. The molecule has 2 aromatic rings. The van der Waals surface area contributed by atoms with Crippen LogP contribution in [0.15, 0.2) is 47.4 Å². The minimum Gasteiger partial charge on any atom is -0.397 e. The molecule has 5 nitrogen and oxygen atoms in total. The van der Waals surface area contributed by atoms with Crippen molar-refractivity contribution >= 4 is 27.1 Å². The van der Waals surface area contributed by atoms with Gasteiger partial charge in [-0.3, -0.25) is 0 Å². The standard InChI is InChI=1S/C15H19N3O2S/c1-10(2)11-3-5-12(6-4-11)18-15-8-7-13(9-14(15)16)21(17,19)20/h3-10,18H,16H2,1-2H3,(H2,17,19,20). The van der Waals surface area contributed by atoms with Crippen molar-refractivity contribution in [3.8, 4) is 0 Å². The molecular formula is C15H19N3O2S. The molecule has 0 bridgehead atoms. The molecule has 0 saturated carbocycles. The van der Waals surface area contributed by atoms with Gasteiger partial charge in [0.15, 0.2) is 0 Å². The number of anilines is 3. The van der Waals surface area contributed by atoms with E-state index in [1.165, 1.54) is 17.7 Å². The zero-order valence-corrected chi connectivity index (χ0v) is 12.8. The van der Waals surface area contributed by atoms with E-state index in [9.17, 15) is 8.42 Å². The van der Waals surface area contributed by atoms with Gasteiger partial charge in [0, 0.05) is 5.69 Å². The van der Waals surface area contributed by atoms with Crippen molar-refractivity contribution in [3.05, 3.63) is 48.0 Å². The molecule has 0 unspecified atom stereocenters. The minimum absolute atomic E-state index is 0.000653. The van der Waals surface area contributed by atoms with E-state index in [0.717, 1.165) is 5.69 Å². The first-order valence-electron chi connectivity index (χ1n) is 6.56. The monoisotopic (exact) mass is 305 g/mol. The normalized spacial score (nSPS) is 11.6. The lowest BCUT2D eigenvalue weighted by molar-refractivity contribution is 0.598. The maximum atomic E-state index is 11.3. The van der Waals surface area contributed by atoms with Crippen molar-refractivity contribution in [2.24, 2.45) is 5.14 Å². The van der Waals surface area contributed by atoms with Crippen LogP contribution in [-0.2, 0) is 10.0 Å². The van der Waals surface area contributed by atoms with Crippen molar-refractivity contribution in [1.29, 1.82) is 0 Å². The Kier molecular flexibility index (Phi) is 4.20. The number of nitrogens with two attached hydrogens (primary N) is 2. The summed E-state index contributed by atoms with van der Waals surface area (Å²) in [5.41, 5.74) is 8.96. The van der Waals surface area contributed by atoms with Crippen molar-refractivity contribution in [1.82, 2.24) is 0 Å². The number of nitrogen functional groups attached to an aromatic ring is 1. The van der Waals surface area contributed by atoms with Crippen LogP contribution < -0.4 is 16.2 Å². The fraction of sp³-hybridized carbons (Fsp3) is 0.200. The quantitative estimate of drug-likeness (QED) is 0.756. The SMILES string of the molecule is CC(C)c1ccc(Nc2ccc(S(N)(=O)=O)cc2N)cc1. The van der Waals surface area contributed by atoms with E-state index in [1.54, 1.807) is 6.07 Å². The predicted octanol–water partition coefficient (Wildman–Crippen LogP) is 2.78. The molecule has 0 fully saturated rings. The van der Waals surface area contributed by atoms with Crippen molar-refractivity contribution in [2.45, 2.75) is 24.7 Å². The predicted molar refractivity (Wildman–Crippen MR) is 86.0 cm³/mol. The van der Waals surface area contributed by atoms with Gasteiger partial charge in [-0.15, -0.1) is 0 Å². The molecule has 0 aliphatic carbocycles. The highest BCUT2D eigenvalue weighted by molar-refractivity contribution is 7.89. The highest BCUT2D eigenvalue weighted by atomic mass is 32.2. The van der Waals surface area contributed by atoms with E-state index in [4.69, 9.17) is 10.9 Å². The number of sulfonamides is 1. The lowest BCUT2D eigenvalue weighted by Crippen LogP contribution is -2.12. The summed E-state index contributed by atoms with van der Waals surface area (Å²) >= 11 is 0. The second-order valence-electron chi connectivity index (χ2n) is 5.20. The third-order valence-corrected chi connectivity index (χ3v) is 4.12. The molecule has 6 heteroatoms. The highest BCUT2D eigenvalue weighted by Crippen LogP contribution is 2.26. The number of benzene rings is 2. The molecule has 2 rings (SSSR count). The van der Waals surface area contributed by atoms with Crippen LogP contribution in [0.2, 0.25) is 0 Å². The average molecular weight is 305 g/mol. The molecule has 0 aromatic heterocycles. The minimum atomic E-state index is -3.74. The van der Waals surface area contributed by atoms with Gasteiger partial charge in [-0.25, -0.2) is 13.6 Å². The van der Waals surface area contributed by atoms with Gasteiger partial charge in [0.25, 0.3) is 0 Å². The molecule has 5 N–H and O–H groups in total. The molecule has 0 spiro atoms. The van der Waals surface area contributed by atoms with Gasteiger partial charge in [-0.05, 0) is 41.8 Å². The lowest BCUT2D eigenvalue weighted by atomic mass is 10.0. The van der Waals surface area contributed by atoms with E-state index in [2.05, 4.69) is 19.2 Å². The first kappa shape index (κ1) is 15.3. The van der Waals surface area contributed by atoms with E-state index < -0.39 is 10.0 Å². The summed E-state index contributed by atoms with van der Waals surface area (Å²) in [5.74, 6) is 0.471. The Morgan fingerprint density at radius 1 is 1.05 bits per heavy atom. The third kappa shape index (κ3) is 3.74. The van der Waals surface area contributed by atoms with Gasteiger partial charge in [-0.1, -0.05) is 26.0 Å². The van der Waals surface area contributed by atoms with Gasteiger partial charge in [-0.2, -0.15) is 0 Å². The van der Waals surface area contributed by atoms with Crippen LogP contribution in [0.5, 0.6) is 0 Å². The molecule has 0 saturated heterocycles. The molecular weight excluding hydrogens is 286 g/mol. The third-order valence-electron chi connectivity index (χ3n) is 3.21. The summed E-state index contributed by atoms with van der Waals surface area (Å²) in [7, 11) is -3.74. The summed E-state index contributed by atoms with van der Waals surface area (Å²) in [4.78, 5) is 0.000653. The maximum Gasteiger partial charge on any atom is 0.238 e. The topological polar surface area (TPSA) is 98.2 Å². The zero-order chi connectivity index (χ0) is 15.6. The summed E-state index contributed by atoms with van der Waals surface area (Å²) in [6.45, 7) is 4.26. The Morgan fingerprint density at radius 3 is 2.14 bits per heavy atom. The largest absolute Gasteiger partial charge is 0.397 e. The van der Waals surface area contributed by atoms with Crippen molar-refractivity contribution in [2.75, 3.05) is 11.1 Å². The van der Waals surface area contributed by atoms with Crippen molar-refractivity contribution in [3.63, 3.8) is 0 Å². The Balaban J connectivity index is 2.24. The summed E-state index contributed by atoms with van der Waals surface area (Å²) in [6.07, 6.45) is 0. The number of rotatable bonds is 4. The number of hydrogen-bond acceptors (Lipinski definition) is 4. The van der Waals surface area contributed by atoms with Crippen LogP contribution in [0.3, 0.4) is 0 Å². The first-order valence-corrected chi connectivity index (χ1v) is 8.11. The number of primary sulfonamides is 1. The molecule has 2 aromatic carbocycles. The van der Waals surface area contributed by atoms with Crippen LogP contribution in [0.1, 0.15) is 25.3 Å². The van der Waals surface area contributed by atoms with Crippen LogP contribution in [0.4, 0.5) is 17.1 Å². The van der Waals surface area contributed by atoms with Gasteiger partial charge in [0.1, 0.15) is 0 Å². The summed E-state index contributed by atoms with van der Waals surface area (Å²) < 4.78 is 22.5. The van der Waals surface area contributed by atoms with E-state index in [1.807, 2.05) is 24.3 Å². The summed E-state index contributed by atoms with van der Waals surface area (Å²) in [6, 6.07) is 12.4. The van der Waals surface area contributed by atoms with Gasteiger partial charge in [0.05, 0.1) is 16.3 Å². The number of nitrogens with one attached hydrogen (secondary N) is 1. The van der Waals surface area contributed by atoms with E-state index in [0.29, 0.717) is 17.3 Å². The summed E-state index contributed by atoms with van der Waals surface area (Å²) in [5, 5.41) is 8.23.